The van der Waals surface area contributed by atoms with Gasteiger partial charge in [0, 0.05) is 11.5 Å². The fraction of sp³-hybridized carbons (Fsp3) is 0.227. The third-order valence-corrected chi connectivity index (χ3v) is 4.07. The maximum absolute atomic E-state index is 12.4. The van der Waals surface area contributed by atoms with Crippen LogP contribution in [0.25, 0.3) is 10.9 Å². The lowest BCUT2D eigenvalue weighted by Crippen LogP contribution is -2.12. The minimum atomic E-state index is -0.336. The van der Waals surface area contributed by atoms with E-state index in [1.807, 2.05) is 62.4 Å². The molecule has 0 bridgehead atoms. The number of rotatable bonds is 7. The summed E-state index contributed by atoms with van der Waals surface area (Å²) in [6, 6.07) is 15.4. The molecule has 1 N–H and O–H groups in total. The van der Waals surface area contributed by atoms with Gasteiger partial charge in [0.25, 0.3) is 5.56 Å². The topological polar surface area (TPSA) is 60.6 Å². The predicted octanol–water partition coefficient (Wildman–Crippen LogP) is 4.46. The van der Waals surface area contributed by atoms with Crippen molar-refractivity contribution < 1.29 is 14.2 Å². The lowest BCUT2D eigenvalue weighted by atomic mass is 10.2. The molecule has 0 fully saturated rings. The summed E-state index contributed by atoms with van der Waals surface area (Å²) in [5, 5.41) is 0.765. The van der Waals surface area contributed by atoms with E-state index < -0.39 is 0 Å². The number of fused-ring (bicyclic) bond motifs is 1. The van der Waals surface area contributed by atoms with Crippen molar-refractivity contribution in [2.75, 3.05) is 13.7 Å². The molecule has 5 nitrogen and oxygen atoms in total. The second-order valence-electron chi connectivity index (χ2n) is 6.39. The molecule has 1 heterocycles. The first-order valence-corrected chi connectivity index (χ1v) is 8.75. The summed E-state index contributed by atoms with van der Waals surface area (Å²) in [7, 11) is 1.46. The van der Waals surface area contributed by atoms with Crippen molar-refractivity contribution in [3.63, 3.8) is 0 Å². The van der Waals surface area contributed by atoms with Crippen LogP contribution in [0.3, 0.4) is 0 Å². The maximum atomic E-state index is 12.4. The number of aromatic amines is 1. The van der Waals surface area contributed by atoms with Gasteiger partial charge >= 0.3 is 0 Å². The third-order valence-electron chi connectivity index (χ3n) is 4.07. The number of benzene rings is 2. The number of nitrogens with one attached hydrogen (secondary N) is 1. The van der Waals surface area contributed by atoms with Gasteiger partial charge in [-0.2, -0.15) is 0 Å². The maximum Gasteiger partial charge on any atom is 0.294 e. The second-order valence-corrected chi connectivity index (χ2v) is 6.39. The van der Waals surface area contributed by atoms with Gasteiger partial charge in [-0.05, 0) is 37.6 Å². The van der Waals surface area contributed by atoms with E-state index in [-0.39, 0.29) is 11.3 Å². The lowest BCUT2D eigenvalue weighted by Gasteiger charge is -2.13. The number of hydrogen-bond acceptors (Lipinski definition) is 4. The van der Waals surface area contributed by atoms with E-state index in [0.717, 1.165) is 16.5 Å². The van der Waals surface area contributed by atoms with Gasteiger partial charge in [-0.3, -0.25) is 4.79 Å². The van der Waals surface area contributed by atoms with Gasteiger partial charge in [0.15, 0.2) is 5.75 Å². The van der Waals surface area contributed by atoms with Gasteiger partial charge in [-0.25, -0.2) is 0 Å². The molecule has 0 amide bonds. The highest BCUT2D eigenvalue weighted by Gasteiger charge is 2.15. The summed E-state index contributed by atoms with van der Waals surface area (Å²) in [5.74, 6) is 1.27. The summed E-state index contributed by atoms with van der Waals surface area (Å²) in [5.41, 5.74) is 2.52. The summed E-state index contributed by atoms with van der Waals surface area (Å²) in [4.78, 5) is 15.2. The summed E-state index contributed by atoms with van der Waals surface area (Å²) < 4.78 is 16.9. The zero-order valence-electron chi connectivity index (χ0n) is 15.7. The number of ether oxygens (including phenoxy) is 3. The van der Waals surface area contributed by atoms with Crippen molar-refractivity contribution in [2.45, 2.75) is 20.5 Å². The van der Waals surface area contributed by atoms with Crippen molar-refractivity contribution in [1.29, 1.82) is 0 Å². The van der Waals surface area contributed by atoms with Crippen LogP contribution in [-0.4, -0.2) is 18.7 Å². The molecule has 0 radical (unpaired) electrons. The van der Waals surface area contributed by atoms with Gasteiger partial charge in [-0.15, -0.1) is 0 Å². The normalized spacial score (nSPS) is 10.5. The van der Waals surface area contributed by atoms with Gasteiger partial charge in [0.1, 0.15) is 19.0 Å². The molecule has 3 rings (SSSR count). The Bertz CT molecular complexity index is 1000. The first kappa shape index (κ1) is 18.6. The molecule has 5 heteroatoms. The standard InChI is InChI=1S/C22H23NO4/c1-15(2)11-12-26-20-18-10-9-17(27-14-16-7-5-4-6-8-16)13-19(18)23-22(24)21(20)25-3/h4-11,13H,12,14H2,1-3H3,(H,23,24). The first-order valence-electron chi connectivity index (χ1n) is 8.75. The van der Waals surface area contributed by atoms with Crippen LogP contribution in [-0.2, 0) is 6.61 Å². The van der Waals surface area contributed by atoms with Crippen LogP contribution in [0.2, 0.25) is 0 Å². The predicted molar refractivity (Wildman–Crippen MR) is 107 cm³/mol. The van der Waals surface area contributed by atoms with Crippen molar-refractivity contribution in [3.8, 4) is 17.2 Å². The minimum Gasteiger partial charge on any atom is -0.489 e. The summed E-state index contributed by atoms with van der Waals surface area (Å²) >= 11 is 0. The van der Waals surface area contributed by atoms with Gasteiger partial charge in [0.2, 0.25) is 5.75 Å². The Morgan fingerprint density at radius 3 is 2.52 bits per heavy atom. The molecule has 2 aromatic carbocycles. The molecule has 3 aromatic rings. The zero-order chi connectivity index (χ0) is 19.2. The number of aromatic nitrogens is 1. The number of H-pyrrole nitrogens is 1. The van der Waals surface area contributed by atoms with Crippen LogP contribution >= 0.6 is 0 Å². The highest BCUT2D eigenvalue weighted by atomic mass is 16.5. The Morgan fingerprint density at radius 2 is 1.81 bits per heavy atom. The molecule has 0 aliphatic carbocycles. The zero-order valence-corrected chi connectivity index (χ0v) is 15.7. The molecule has 0 atom stereocenters. The lowest BCUT2D eigenvalue weighted by molar-refractivity contribution is 0.306. The molecule has 0 aliphatic heterocycles. The van der Waals surface area contributed by atoms with E-state index in [0.29, 0.717) is 30.2 Å². The molecule has 140 valence electrons. The highest BCUT2D eigenvalue weighted by molar-refractivity contribution is 5.88. The fourth-order valence-corrected chi connectivity index (χ4v) is 2.68. The van der Waals surface area contributed by atoms with E-state index in [4.69, 9.17) is 14.2 Å². The molecular formula is C22H23NO4. The minimum absolute atomic E-state index is 0.169. The first-order chi connectivity index (χ1) is 13.1. The van der Waals surface area contributed by atoms with Crippen molar-refractivity contribution >= 4 is 10.9 Å². The number of allylic oxidation sites excluding steroid dienone is 1. The number of hydrogen-bond donors (Lipinski definition) is 1. The van der Waals surface area contributed by atoms with Crippen molar-refractivity contribution in [3.05, 3.63) is 76.1 Å². The Hall–Kier alpha value is -3.21. The monoisotopic (exact) mass is 365 g/mol. The van der Waals surface area contributed by atoms with E-state index >= 15 is 0 Å². The average Bonchev–Trinajstić information content (AvgIpc) is 2.66. The third kappa shape index (κ3) is 4.50. The molecule has 0 aliphatic rings. The second kappa shape index (κ2) is 8.45. The smallest absolute Gasteiger partial charge is 0.294 e. The quantitative estimate of drug-likeness (QED) is 0.628. The Kier molecular flexibility index (Phi) is 5.81. The number of methoxy groups -OCH3 is 1. The molecule has 0 unspecified atom stereocenters. The SMILES string of the molecule is COc1c(OCC=C(C)C)c2ccc(OCc3ccccc3)cc2[nH]c1=O. The van der Waals surface area contributed by atoms with Crippen molar-refractivity contribution in [1.82, 2.24) is 4.98 Å². The van der Waals surface area contributed by atoms with Crippen molar-refractivity contribution in [2.24, 2.45) is 0 Å². The largest absolute Gasteiger partial charge is 0.489 e. The van der Waals surface area contributed by atoms with Crippen LogP contribution in [0.4, 0.5) is 0 Å². The van der Waals surface area contributed by atoms with Crippen LogP contribution in [0, 0.1) is 0 Å². The molecular weight excluding hydrogens is 342 g/mol. The highest BCUT2D eigenvalue weighted by Crippen LogP contribution is 2.33. The molecule has 1 aromatic heterocycles. The van der Waals surface area contributed by atoms with Crippen LogP contribution in [0.5, 0.6) is 17.2 Å². The Morgan fingerprint density at radius 1 is 1.04 bits per heavy atom. The summed E-state index contributed by atoms with van der Waals surface area (Å²) in [6.07, 6.45) is 1.95. The average molecular weight is 365 g/mol. The molecule has 0 saturated carbocycles. The van der Waals surface area contributed by atoms with Gasteiger partial charge < -0.3 is 19.2 Å². The Labute approximate surface area is 158 Å². The molecule has 27 heavy (non-hydrogen) atoms. The molecule has 0 spiro atoms. The summed E-state index contributed by atoms with van der Waals surface area (Å²) in [6.45, 7) is 4.81. The Balaban J connectivity index is 1.92. The number of pyridine rings is 1. The molecule has 0 saturated heterocycles. The fourth-order valence-electron chi connectivity index (χ4n) is 2.68. The van der Waals surface area contributed by atoms with E-state index in [1.165, 1.54) is 7.11 Å². The van der Waals surface area contributed by atoms with E-state index in [9.17, 15) is 4.79 Å². The van der Waals surface area contributed by atoms with Crippen LogP contribution < -0.4 is 19.8 Å². The van der Waals surface area contributed by atoms with Gasteiger partial charge in [0.05, 0.1) is 12.6 Å². The van der Waals surface area contributed by atoms with E-state index in [1.54, 1.807) is 6.07 Å². The van der Waals surface area contributed by atoms with Crippen LogP contribution in [0.15, 0.2) is 65.0 Å². The van der Waals surface area contributed by atoms with Crippen LogP contribution in [0.1, 0.15) is 19.4 Å². The van der Waals surface area contributed by atoms with E-state index in [2.05, 4.69) is 4.98 Å². The van der Waals surface area contributed by atoms with Gasteiger partial charge in [-0.1, -0.05) is 35.9 Å².